The number of sulfone groups is 1. The molecule has 29 heavy (non-hydrogen) atoms. The number of benzene rings is 2. The molecule has 11 heteroatoms. The average molecular weight is 427 g/mol. The van der Waals surface area contributed by atoms with Crippen LogP contribution in [0.2, 0.25) is 0 Å². The zero-order valence-corrected chi connectivity index (χ0v) is 15.9. The number of nitrogens with one attached hydrogen (secondary N) is 1. The summed E-state index contributed by atoms with van der Waals surface area (Å²) in [5, 5.41) is 7.68. The van der Waals surface area contributed by atoms with Crippen LogP contribution in [0.3, 0.4) is 0 Å². The van der Waals surface area contributed by atoms with Crippen LogP contribution in [0.15, 0.2) is 58.5 Å². The third-order valence-electron chi connectivity index (χ3n) is 4.12. The van der Waals surface area contributed by atoms with Crippen molar-refractivity contribution in [3.05, 3.63) is 54.1 Å². The molecular weight excluding hydrogens is 411 g/mol. The number of hydroxylamine groups is 2. The first-order valence-electron chi connectivity index (χ1n) is 8.37. The molecule has 3 rings (SSSR count). The number of hydrogen-bond donors (Lipinski definition) is 1. The van der Waals surface area contributed by atoms with Gasteiger partial charge in [0.15, 0.2) is 5.03 Å². The van der Waals surface area contributed by atoms with Crippen molar-refractivity contribution in [2.24, 2.45) is 0 Å². The molecule has 0 atom stereocenters. The second kappa shape index (κ2) is 7.84. The van der Waals surface area contributed by atoms with E-state index in [1.54, 1.807) is 36.4 Å². The van der Waals surface area contributed by atoms with E-state index in [1.807, 2.05) is 0 Å². The molecule has 0 bridgehead atoms. The van der Waals surface area contributed by atoms with E-state index in [-0.39, 0.29) is 22.9 Å². The molecule has 0 aliphatic carbocycles. The van der Waals surface area contributed by atoms with Crippen LogP contribution in [0.25, 0.3) is 10.9 Å². The molecule has 3 aromatic rings. The molecule has 7 nitrogen and oxygen atoms in total. The lowest BCUT2D eigenvalue weighted by Gasteiger charge is -2.17. The van der Waals surface area contributed by atoms with Crippen LogP contribution in [-0.2, 0) is 25.9 Å². The maximum Gasteiger partial charge on any atom is 0.492 e. The lowest BCUT2D eigenvalue weighted by Crippen LogP contribution is -2.33. The average Bonchev–Trinajstić information content (AvgIpc) is 3.12. The molecule has 0 saturated carbocycles. The number of fused-ring (bicyclic) bond motifs is 1. The summed E-state index contributed by atoms with van der Waals surface area (Å²) in [6, 6.07) is 12.7. The number of alkyl halides is 3. The SMILES string of the molecule is CN(CCc1cccc2c(S(=O)(=O)c3ccccc3)[nH]nc12)OC(=O)C(F)(F)F. The Labute approximate surface area is 164 Å². The standard InChI is InChI=1S/C18H16F3N3O4S/c1-24(28-17(25)18(19,20)21)11-10-12-6-5-9-14-15(12)22-23-16(14)29(26,27)13-7-3-2-4-8-13/h2-9H,10-11H2,1H3,(H,22,23). The molecule has 0 aliphatic heterocycles. The third-order valence-corrected chi connectivity index (χ3v) is 5.86. The van der Waals surface area contributed by atoms with Crippen molar-refractivity contribution in [2.75, 3.05) is 13.6 Å². The van der Waals surface area contributed by atoms with Gasteiger partial charge in [-0.2, -0.15) is 18.3 Å². The second-order valence-corrected chi connectivity index (χ2v) is 8.05. The van der Waals surface area contributed by atoms with Gasteiger partial charge >= 0.3 is 12.1 Å². The quantitative estimate of drug-likeness (QED) is 0.609. The van der Waals surface area contributed by atoms with E-state index in [0.29, 0.717) is 16.5 Å². The fourth-order valence-corrected chi connectivity index (χ4v) is 4.09. The van der Waals surface area contributed by atoms with Gasteiger partial charge in [-0.1, -0.05) is 30.3 Å². The van der Waals surface area contributed by atoms with Crippen molar-refractivity contribution in [1.29, 1.82) is 0 Å². The second-order valence-electron chi connectivity index (χ2n) is 6.16. The molecule has 0 radical (unpaired) electrons. The highest BCUT2D eigenvalue weighted by molar-refractivity contribution is 7.91. The largest absolute Gasteiger partial charge is 0.492 e. The van der Waals surface area contributed by atoms with Crippen LogP contribution in [0, 0.1) is 0 Å². The van der Waals surface area contributed by atoms with Gasteiger partial charge in [0.25, 0.3) is 0 Å². The van der Waals surface area contributed by atoms with Gasteiger partial charge in [0.1, 0.15) is 0 Å². The number of aromatic amines is 1. The van der Waals surface area contributed by atoms with Crippen molar-refractivity contribution in [1.82, 2.24) is 15.3 Å². The van der Waals surface area contributed by atoms with Crippen molar-refractivity contribution < 1.29 is 31.2 Å². The van der Waals surface area contributed by atoms with E-state index in [2.05, 4.69) is 15.0 Å². The molecule has 0 saturated heterocycles. The lowest BCUT2D eigenvalue weighted by atomic mass is 10.1. The Balaban J connectivity index is 1.83. The number of para-hydroxylation sites is 1. The lowest BCUT2D eigenvalue weighted by molar-refractivity contribution is -0.233. The highest BCUT2D eigenvalue weighted by Gasteiger charge is 2.42. The van der Waals surface area contributed by atoms with Gasteiger partial charge in [0, 0.05) is 19.0 Å². The monoisotopic (exact) mass is 427 g/mol. The van der Waals surface area contributed by atoms with Crippen LogP contribution in [0.5, 0.6) is 0 Å². The highest BCUT2D eigenvalue weighted by Crippen LogP contribution is 2.28. The Hall–Kier alpha value is -2.92. The normalized spacial score (nSPS) is 12.4. The van der Waals surface area contributed by atoms with E-state index in [1.165, 1.54) is 19.2 Å². The van der Waals surface area contributed by atoms with Crippen LogP contribution < -0.4 is 0 Å². The Morgan fingerprint density at radius 1 is 1.14 bits per heavy atom. The summed E-state index contributed by atoms with van der Waals surface area (Å²) < 4.78 is 62.5. The van der Waals surface area contributed by atoms with Crippen LogP contribution in [0.4, 0.5) is 13.2 Å². The number of rotatable bonds is 6. The predicted octanol–water partition coefficient (Wildman–Crippen LogP) is 2.89. The van der Waals surface area contributed by atoms with Gasteiger partial charge in [-0.05, 0) is 30.2 Å². The van der Waals surface area contributed by atoms with Crippen molar-refractivity contribution in [2.45, 2.75) is 22.5 Å². The van der Waals surface area contributed by atoms with Gasteiger partial charge in [0.2, 0.25) is 9.84 Å². The maximum atomic E-state index is 12.9. The van der Waals surface area contributed by atoms with Gasteiger partial charge in [-0.25, -0.2) is 13.2 Å². The summed E-state index contributed by atoms with van der Waals surface area (Å²) in [6.45, 7) is -0.0471. The first-order valence-corrected chi connectivity index (χ1v) is 9.85. The number of carbonyl (C=O) groups is 1. The first-order chi connectivity index (χ1) is 13.6. The Morgan fingerprint density at radius 2 is 1.83 bits per heavy atom. The zero-order valence-electron chi connectivity index (χ0n) is 15.1. The molecule has 1 aromatic heterocycles. The summed E-state index contributed by atoms with van der Waals surface area (Å²) in [5.74, 6) is -2.31. The number of likely N-dealkylation sites (N-methyl/N-ethyl adjacent to an activating group) is 1. The first kappa shape index (κ1) is 20.8. The Morgan fingerprint density at radius 3 is 2.48 bits per heavy atom. The minimum Gasteiger partial charge on any atom is -0.361 e. The summed E-state index contributed by atoms with van der Waals surface area (Å²) in [7, 11) is -2.63. The fraction of sp³-hybridized carbons (Fsp3) is 0.222. The van der Waals surface area contributed by atoms with Gasteiger partial charge in [-0.15, -0.1) is 5.06 Å². The number of nitrogens with zero attached hydrogens (tertiary/aromatic N) is 2. The van der Waals surface area contributed by atoms with Crippen molar-refractivity contribution in [3.8, 4) is 0 Å². The number of halogens is 3. The molecule has 0 amide bonds. The minimum atomic E-state index is -5.09. The maximum absolute atomic E-state index is 12.9. The smallest absolute Gasteiger partial charge is 0.361 e. The minimum absolute atomic E-state index is 0.0471. The van der Waals surface area contributed by atoms with Crippen LogP contribution in [0.1, 0.15) is 5.56 Å². The van der Waals surface area contributed by atoms with Gasteiger partial charge in [-0.3, -0.25) is 5.10 Å². The van der Waals surface area contributed by atoms with Gasteiger partial charge in [0.05, 0.1) is 10.4 Å². The van der Waals surface area contributed by atoms with Crippen molar-refractivity contribution in [3.63, 3.8) is 0 Å². The molecule has 1 N–H and O–H groups in total. The summed E-state index contributed by atoms with van der Waals surface area (Å²) in [4.78, 5) is 15.2. The number of aromatic nitrogens is 2. The molecule has 0 fully saturated rings. The Kier molecular flexibility index (Phi) is 5.62. The van der Waals surface area contributed by atoms with E-state index in [0.717, 1.165) is 5.06 Å². The van der Waals surface area contributed by atoms with Crippen LogP contribution in [-0.4, -0.2) is 49.4 Å². The molecule has 0 spiro atoms. The van der Waals surface area contributed by atoms with E-state index < -0.39 is 22.0 Å². The molecule has 1 heterocycles. The number of carbonyl (C=O) groups excluding carboxylic acids is 1. The number of hydrogen-bond acceptors (Lipinski definition) is 6. The number of H-pyrrole nitrogens is 1. The zero-order chi connectivity index (χ0) is 21.2. The van der Waals surface area contributed by atoms with Crippen LogP contribution >= 0.6 is 0 Å². The molecule has 0 unspecified atom stereocenters. The molecular formula is C18H16F3N3O4S. The van der Waals surface area contributed by atoms with E-state index >= 15 is 0 Å². The molecule has 154 valence electrons. The summed E-state index contributed by atoms with van der Waals surface area (Å²) >= 11 is 0. The van der Waals surface area contributed by atoms with Crippen molar-refractivity contribution >= 4 is 26.7 Å². The Bertz CT molecular complexity index is 1130. The van der Waals surface area contributed by atoms with E-state index in [9.17, 15) is 26.4 Å². The topological polar surface area (TPSA) is 92.4 Å². The fourth-order valence-electron chi connectivity index (χ4n) is 2.71. The summed E-state index contributed by atoms with van der Waals surface area (Å²) in [6.07, 6.45) is -4.91. The predicted molar refractivity (Wildman–Crippen MR) is 96.5 cm³/mol. The van der Waals surface area contributed by atoms with E-state index in [4.69, 9.17) is 0 Å². The molecule has 2 aromatic carbocycles. The van der Waals surface area contributed by atoms with Gasteiger partial charge < -0.3 is 4.84 Å². The summed E-state index contributed by atoms with van der Waals surface area (Å²) in [5.41, 5.74) is 0.959. The third kappa shape index (κ3) is 4.40. The highest BCUT2D eigenvalue weighted by atomic mass is 32.2. The molecule has 0 aliphatic rings.